The van der Waals surface area contributed by atoms with E-state index >= 15 is 0 Å². The molecule has 4 heteroatoms. The fourth-order valence-corrected chi connectivity index (χ4v) is 3.39. The third-order valence-corrected chi connectivity index (χ3v) is 4.45. The summed E-state index contributed by atoms with van der Waals surface area (Å²) in [6, 6.07) is 11.4. The van der Waals surface area contributed by atoms with Crippen LogP contribution in [0.25, 0.3) is 0 Å². The summed E-state index contributed by atoms with van der Waals surface area (Å²) < 4.78 is 6.93. The van der Waals surface area contributed by atoms with Crippen molar-refractivity contribution in [1.82, 2.24) is 0 Å². The van der Waals surface area contributed by atoms with Gasteiger partial charge >= 0.3 is 0 Å². The van der Waals surface area contributed by atoms with E-state index in [1.807, 2.05) is 36.4 Å². The van der Waals surface area contributed by atoms with E-state index in [0.717, 1.165) is 8.66 Å². The number of ketones is 1. The highest BCUT2D eigenvalue weighted by molar-refractivity contribution is 9.11. The fraction of sp³-hybridized carbons (Fsp3) is 0.154. The smallest absolute Gasteiger partial charge is 0.170 e. The average molecular weight is 309 g/mol. The van der Waals surface area contributed by atoms with Crippen LogP contribution < -0.4 is 4.74 Å². The van der Waals surface area contributed by atoms with Crippen molar-refractivity contribution in [2.24, 2.45) is 0 Å². The summed E-state index contributed by atoms with van der Waals surface area (Å²) in [6.07, 6.45) is 0.276. The zero-order chi connectivity index (χ0) is 11.8. The van der Waals surface area contributed by atoms with Crippen molar-refractivity contribution < 1.29 is 9.53 Å². The Balaban J connectivity index is 1.96. The summed E-state index contributed by atoms with van der Waals surface area (Å²) in [5.41, 5.74) is 0.694. The SMILES string of the molecule is O=C1CC(c2ccc(Br)s2)Oc2ccccc21. The zero-order valence-electron chi connectivity index (χ0n) is 8.85. The molecule has 2 aromatic rings. The molecule has 1 aromatic carbocycles. The third kappa shape index (κ3) is 2.03. The molecule has 1 aromatic heterocycles. The minimum Gasteiger partial charge on any atom is -0.484 e. The number of carbonyl (C=O) groups is 1. The van der Waals surface area contributed by atoms with E-state index in [1.165, 1.54) is 0 Å². The molecule has 1 aliphatic heterocycles. The van der Waals surface area contributed by atoms with E-state index in [4.69, 9.17) is 4.74 Å². The van der Waals surface area contributed by atoms with Crippen molar-refractivity contribution in [3.05, 3.63) is 50.6 Å². The van der Waals surface area contributed by atoms with Gasteiger partial charge in [-0.25, -0.2) is 0 Å². The predicted octanol–water partition coefficient (Wildman–Crippen LogP) is 4.22. The Labute approximate surface area is 111 Å². The van der Waals surface area contributed by atoms with Crippen LogP contribution in [0.4, 0.5) is 0 Å². The van der Waals surface area contributed by atoms with Gasteiger partial charge in [0.1, 0.15) is 11.9 Å². The van der Waals surface area contributed by atoms with Crippen LogP contribution in [0.1, 0.15) is 27.8 Å². The fourth-order valence-electron chi connectivity index (χ4n) is 1.93. The Morgan fingerprint density at radius 3 is 2.82 bits per heavy atom. The number of thiophene rings is 1. The molecule has 2 heterocycles. The van der Waals surface area contributed by atoms with Gasteiger partial charge < -0.3 is 4.74 Å². The maximum atomic E-state index is 12.0. The number of hydrogen-bond donors (Lipinski definition) is 0. The highest BCUT2D eigenvalue weighted by Gasteiger charge is 2.27. The van der Waals surface area contributed by atoms with E-state index < -0.39 is 0 Å². The lowest BCUT2D eigenvalue weighted by molar-refractivity contribution is 0.0854. The minimum absolute atomic E-state index is 0.145. The van der Waals surface area contributed by atoms with Crippen LogP contribution in [0.15, 0.2) is 40.2 Å². The highest BCUT2D eigenvalue weighted by atomic mass is 79.9. The summed E-state index contributed by atoms with van der Waals surface area (Å²) in [6.45, 7) is 0. The van der Waals surface area contributed by atoms with E-state index in [2.05, 4.69) is 15.9 Å². The van der Waals surface area contributed by atoms with Crippen molar-refractivity contribution in [2.75, 3.05) is 0 Å². The van der Waals surface area contributed by atoms with E-state index in [9.17, 15) is 4.79 Å². The maximum absolute atomic E-state index is 12.0. The van der Waals surface area contributed by atoms with E-state index in [1.54, 1.807) is 11.3 Å². The van der Waals surface area contributed by atoms with Crippen LogP contribution in [0.2, 0.25) is 0 Å². The molecule has 1 unspecified atom stereocenters. The lowest BCUT2D eigenvalue weighted by atomic mass is 10.00. The average Bonchev–Trinajstić information content (AvgIpc) is 2.76. The molecule has 0 radical (unpaired) electrons. The van der Waals surface area contributed by atoms with Crippen LogP contribution in [-0.4, -0.2) is 5.78 Å². The summed E-state index contributed by atoms with van der Waals surface area (Å²) in [5, 5.41) is 0. The molecule has 0 amide bonds. The lowest BCUT2D eigenvalue weighted by Crippen LogP contribution is -2.19. The van der Waals surface area contributed by atoms with Crippen molar-refractivity contribution in [3.63, 3.8) is 0 Å². The standard InChI is InChI=1S/C13H9BrO2S/c14-13-6-5-12(17-13)11-7-9(15)8-3-1-2-4-10(8)16-11/h1-6,11H,7H2. The number of carbonyl (C=O) groups excluding carboxylic acids is 1. The molecule has 0 fully saturated rings. The van der Waals surface area contributed by atoms with Gasteiger partial charge in [-0.1, -0.05) is 12.1 Å². The summed E-state index contributed by atoms with van der Waals surface area (Å²) in [5.74, 6) is 0.847. The van der Waals surface area contributed by atoms with Crippen LogP contribution in [-0.2, 0) is 0 Å². The molecule has 0 aliphatic carbocycles. The lowest BCUT2D eigenvalue weighted by Gasteiger charge is -2.24. The normalized spacial score (nSPS) is 18.6. The summed E-state index contributed by atoms with van der Waals surface area (Å²) in [7, 11) is 0. The molecular formula is C13H9BrO2S. The summed E-state index contributed by atoms with van der Waals surface area (Å²) in [4.78, 5) is 13.1. The first kappa shape index (κ1) is 11.0. The molecule has 0 spiro atoms. The van der Waals surface area contributed by atoms with E-state index in [-0.39, 0.29) is 11.9 Å². The van der Waals surface area contributed by atoms with Gasteiger partial charge in [0, 0.05) is 4.88 Å². The quantitative estimate of drug-likeness (QED) is 0.788. The second kappa shape index (κ2) is 4.27. The Bertz CT molecular complexity index is 576. The number of para-hydroxylation sites is 1. The van der Waals surface area contributed by atoms with Gasteiger partial charge in [0.15, 0.2) is 5.78 Å². The van der Waals surface area contributed by atoms with Crippen molar-refractivity contribution in [2.45, 2.75) is 12.5 Å². The maximum Gasteiger partial charge on any atom is 0.170 e. The molecular weight excluding hydrogens is 300 g/mol. The van der Waals surface area contributed by atoms with Crippen LogP contribution in [0.5, 0.6) is 5.75 Å². The third-order valence-electron chi connectivity index (χ3n) is 2.74. The summed E-state index contributed by atoms with van der Waals surface area (Å²) >= 11 is 5.03. The van der Waals surface area contributed by atoms with Crippen molar-refractivity contribution in [3.8, 4) is 5.75 Å². The second-order valence-electron chi connectivity index (χ2n) is 3.87. The van der Waals surface area contributed by atoms with E-state index in [0.29, 0.717) is 17.7 Å². The second-order valence-corrected chi connectivity index (χ2v) is 6.37. The number of ether oxygens (including phenoxy) is 1. The molecule has 0 bridgehead atoms. The Morgan fingerprint density at radius 1 is 1.24 bits per heavy atom. The van der Waals surface area contributed by atoms with Crippen molar-refractivity contribution in [1.29, 1.82) is 0 Å². The van der Waals surface area contributed by atoms with Gasteiger partial charge in [0.25, 0.3) is 0 Å². The number of halogens is 1. The van der Waals surface area contributed by atoms with Crippen molar-refractivity contribution >= 4 is 33.0 Å². The van der Waals surface area contributed by atoms with Gasteiger partial charge in [0.05, 0.1) is 15.8 Å². The monoisotopic (exact) mass is 308 g/mol. The van der Waals surface area contributed by atoms with Gasteiger partial charge in [-0.05, 0) is 40.2 Å². The molecule has 86 valence electrons. The van der Waals surface area contributed by atoms with Crippen LogP contribution >= 0.6 is 27.3 Å². The topological polar surface area (TPSA) is 26.3 Å². The zero-order valence-corrected chi connectivity index (χ0v) is 11.3. The minimum atomic E-state index is -0.145. The number of benzene rings is 1. The number of fused-ring (bicyclic) bond motifs is 1. The number of rotatable bonds is 1. The largest absolute Gasteiger partial charge is 0.484 e. The molecule has 0 N–H and O–H groups in total. The molecule has 2 nitrogen and oxygen atoms in total. The molecule has 1 atom stereocenters. The molecule has 0 saturated carbocycles. The first-order chi connectivity index (χ1) is 8.24. The van der Waals surface area contributed by atoms with Gasteiger partial charge in [-0.15, -0.1) is 11.3 Å². The molecule has 0 saturated heterocycles. The van der Waals surface area contributed by atoms with Gasteiger partial charge in [0.2, 0.25) is 0 Å². The van der Waals surface area contributed by atoms with Gasteiger partial charge in [-0.2, -0.15) is 0 Å². The van der Waals surface area contributed by atoms with Gasteiger partial charge in [-0.3, -0.25) is 4.79 Å². The number of Topliss-reactive ketones (excluding diaryl/α,β-unsaturated/α-hetero) is 1. The molecule has 3 rings (SSSR count). The Morgan fingerprint density at radius 2 is 2.06 bits per heavy atom. The first-order valence-corrected chi connectivity index (χ1v) is 6.89. The van der Waals surface area contributed by atoms with Crippen LogP contribution in [0, 0.1) is 0 Å². The van der Waals surface area contributed by atoms with Crippen LogP contribution in [0.3, 0.4) is 0 Å². The Hall–Kier alpha value is -1.13. The Kier molecular flexibility index (Phi) is 2.76. The molecule has 17 heavy (non-hydrogen) atoms. The highest BCUT2D eigenvalue weighted by Crippen LogP contribution is 2.38. The molecule has 1 aliphatic rings. The first-order valence-electron chi connectivity index (χ1n) is 5.28. The predicted molar refractivity (Wildman–Crippen MR) is 70.8 cm³/mol. The number of hydrogen-bond acceptors (Lipinski definition) is 3.